The van der Waals surface area contributed by atoms with E-state index < -0.39 is 0 Å². The van der Waals surface area contributed by atoms with Crippen LogP contribution in [-0.4, -0.2) is 35.4 Å². The molecule has 0 spiro atoms. The standard InChI is InChI=1S/C20H21N3O3S/c1-25-17-7-3-15(4-8-17)13-22-19(24)14-27-20-21-11-12-23(20)16-5-9-18(26-2)10-6-16/h3-12H,13-14H2,1-2H3,(H,22,24). The number of thioether (sulfide) groups is 1. The molecular formula is C20H21N3O3S. The molecule has 0 atom stereocenters. The van der Waals surface area contributed by atoms with Crippen LogP contribution in [0, 0.1) is 0 Å². The van der Waals surface area contributed by atoms with Gasteiger partial charge in [-0.05, 0) is 42.0 Å². The molecule has 1 aromatic heterocycles. The number of hydrogen-bond acceptors (Lipinski definition) is 5. The Kier molecular flexibility index (Phi) is 6.38. The normalized spacial score (nSPS) is 10.4. The van der Waals surface area contributed by atoms with E-state index in [1.54, 1.807) is 20.4 Å². The van der Waals surface area contributed by atoms with Crippen LogP contribution in [0.5, 0.6) is 11.5 Å². The smallest absolute Gasteiger partial charge is 0.230 e. The highest BCUT2D eigenvalue weighted by Crippen LogP contribution is 2.22. The monoisotopic (exact) mass is 383 g/mol. The summed E-state index contributed by atoms with van der Waals surface area (Å²) in [7, 11) is 3.27. The SMILES string of the molecule is COc1ccc(CNC(=O)CSc2nccn2-c2ccc(OC)cc2)cc1. The van der Waals surface area contributed by atoms with Crippen molar-refractivity contribution in [3.8, 4) is 17.2 Å². The summed E-state index contributed by atoms with van der Waals surface area (Å²) in [5, 5.41) is 3.68. The molecule has 6 nitrogen and oxygen atoms in total. The molecule has 0 unspecified atom stereocenters. The van der Waals surface area contributed by atoms with E-state index in [1.807, 2.05) is 59.3 Å². The van der Waals surface area contributed by atoms with Crippen molar-refractivity contribution in [2.45, 2.75) is 11.7 Å². The van der Waals surface area contributed by atoms with Crippen LogP contribution in [0.15, 0.2) is 66.1 Å². The summed E-state index contributed by atoms with van der Waals surface area (Å²) in [6.45, 7) is 0.482. The number of nitrogens with zero attached hydrogens (tertiary/aromatic N) is 2. The van der Waals surface area contributed by atoms with E-state index in [2.05, 4.69) is 10.3 Å². The number of hydrogen-bond donors (Lipinski definition) is 1. The highest BCUT2D eigenvalue weighted by atomic mass is 32.2. The number of rotatable bonds is 8. The van der Waals surface area contributed by atoms with Gasteiger partial charge in [-0.15, -0.1) is 0 Å². The number of imidazole rings is 1. The van der Waals surface area contributed by atoms with Crippen molar-refractivity contribution in [2.75, 3.05) is 20.0 Å². The Morgan fingerprint density at radius 1 is 1.04 bits per heavy atom. The number of carbonyl (C=O) groups excluding carboxylic acids is 1. The number of carbonyl (C=O) groups is 1. The molecular weight excluding hydrogens is 362 g/mol. The minimum Gasteiger partial charge on any atom is -0.497 e. The molecule has 1 amide bonds. The average molecular weight is 383 g/mol. The predicted molar refractivity (Wildman–Crippen MR) is 106 cm³/mol. The Balaban J connectivity index is 1.53. The van der Waals surface area contributed by atoms with Crippen LogP contribution >= 0.6 is 11.8 Å². The molecule has 0 aliphatic rings. The summed E-state index contributed by atoms with van der Waals surface area (Å²) in [6.07, 6.45) is 3.60. The molecule has 0 fully saturated rings. The van der Waals surface area contributed by atoms with Gasteiger partial charge >= 0.3 is 0 Å². The van der Waals surface area contributed by atoms with Crippen LogP contribution < -0.4 is 14.8 Å². The maximum atomic E-state index is 12.2. The molecule has 27 heavy (non-hydrogen) atoms. The zero-order valence-corrected chi connectivity index (χ0v) is 16.0. The van der Waals surface area contributed by atoms with Gasteiger partial charge in [0.1, 0.15) is 11.5 Å². The van der Waals surface area contributed by atoms with Crippen LogP contribution in [0.2, 0.25) is 0 Å². The molecule has 140 valence electrons. The van der Waals surface area contributed by atoms with Crippen LogP contribution in [-0.2, 0) is 11.3 Å². The van der Waals surface area contributed by atoms with Gasteiger partial charge in [0.25, 0.3) is 0 Å². The predicted octanol–water partition coefficient (Wildman–Crippen LogP) is 3.30. The lowest BCUT2D eigenvalue weighted by atomic mass is 10.2. The fraction of sp³-hybridized carbons (Fsp3) is 0.200. The van der Waals surface area contributed by atoms with Gasteiger partial charge in [-0.25, -0.2) is 4.98 Å². The minimum absolute atomic E-state index is 0.0416. The van der Waals surface area contributed by atoms with E-state index in [4.69, 9.17) is 9.47 Å². The first kappa shape index (κ1) is 18.8. The molecule has 3 rings (SSSR count). The van der Waals surface area contributed by atoms with Gasteiger partial charge < -0.3 is 14.8 Å². The van der Waals surface area contributed by atoms with Crippen LogP contribution in [0.3, 0.4) is 0 Å². The van der Waals surface area contributed by atoms with Gasteiger partial charge in [-0.1, -0.05) is 23.9 Å². The third-order valence-electron chi connectivity index (χ3n) is 3.94. The number of ether oxygens (including phenoxy) is 2. The molecule has 0 saturated heterocycles. The lowest BCUT2D eigenvalue weighted by molar-refractivity contribution is -0.118. The number of aromatic nitrogens is 2. The average Bonchev–Trinajstić information content (AvgIpc) is 3.19. The second-order valence-corrected chi connectivity index (χ2v) is 6.63. The van der Waals surface area contributed by atoms with Gasteiger partial charge in [0.05, 0.1) is 20.0 Å². The van der Waals surface area contributed by atoms with Gasteiger partial charge in [0.2, 0.25) is 5.91 Å². The fourth-order valence-corrected chi connectivity index (χ4v) is 3.26. The molecule has 3 aromatic rings. The molecule has 1 heterocycles. The second-order valence-electron chi connectivity index (χ2n) is 5.69. The summed E-state index contributed by atoms with van der Waals surface area (Å²) in [4.78, 5) is 16.5. The first-order valence-electron chi connectivity index (χ1n) is 8.40. The number of nitrogens with one attached hydrogen (secondary N) is 1. The van der Waals surface area contributed by atoms with E-state index in [1.165, 1.54) is 11.8 Å². The van der Waals surface area contributed by atoms with E-state index in [-0.39, 0.29) is 5.91 Å². The van der Waals surface area contributed by atoms with E-state index in [0.29, 0.717) is 12.3 Å². The van der Waals surface area contributed by atoms with E-state index >= 15 is 0 Å². The molecule has 0 saturated carbocycles. The van der Waals surface area contributed by atoms with Crippen LogP contribution in [0.25, 0.3) is 5.69 Å². The Hall–Kier alpha value is -2.93. The molecule has 2 aromatic carbocycles. The van der Waals surface area contributed by atoms with Crippen molar-refractivity contribution >= 4 is 17.7 Å². The summed E-state index contributed by atoms with van der Waals surface area (Å²) in [5.74, 6) is 1.85. The maximum Gasteiger partial charge on any atom is 0.230 e. The van der Waals surface area contributed by atoms with Crippen molar-refractivity contribution < 1.29 is 14.3 Å². The number of benzene rings is 2. The molecule has 0 bridgehead atoms. The zero-order valence-electron chi connectivity index (χ0n) is 15.2. The molecule has 0 aliphatic carbocycles. The Bertz CT molecular complexity index is 876. The second kappa shape index (κ2) is 9.14. The molecule has 0 aliphatic heterocycles. The largest absolute Gasteiger partial charge is 0.497 e. The van der Waals surface area contributed by atoms with Crippen molar-refractivity contribution in [3.63, 3.8) is 0 Å². The Labute approximate surface area is 162 Å². The fourth-order valence-electron chi connectivity index (χ4n) is 2.46. The lowest BCUT2D eigenvalue weighted by Crippen LogP contribution is -2.24. The lowest BCUT2D eigenvalue weighted by Gasteiger charge is -2.09. The maximum absolute atomic E-state index is 12.2. The molecule has 7 heteroatoms. The van der Waals surface area contributed by atoms with Gasteiger partial charge in [-0.2, -0.15) is 0 Å². The Morgan fingerprint density at radius 2 is 1.67 bits per heavy atom. The van der Waals surface area contributed by atoms with E-state index in [0.717, 1.165) is 27.9 Å². The zero-order chi connectivity index (χ0) is 19.1. The summed E-state index contributed by atoms with van der Waals surface area (Å²) in [5.41, 5.74) is 1.99. The first-order valence-corrected chi connectivity index (χ1v) is 9.38. The minimum atomic E-state index is -0.0416. The quantitative estimate of drug-likeness (QED) is 0.605. The Morgan fingerprint density at radius 3 is 2.30 bits per heavy atom. The van der Waals surface area contributed by atoms with Crippen LogP contribution in [0.4, 0.5) is 0 Å². The number of amides is 1. The highest BCUT2D eigenvalue weighted by Gasteiger charge is 2.09. The van der Waals surface area contributed by atoms with Gasteiger partial charge in [0, 0.05) is 24.6 Å². The van der Waals surface area contributed by atoms with Crippen LogP contribution in [0.1, 0.15) is 5.56 Å². The van der Waals surface area contributed by atoms with Crippen molar-refractivity contribution in [1.82, 2.24) is 14.9 Å². The van der Waals surface area contributed by atoms with Crippen molar-refractivity contribution in [2.24, 2.45) is 0 Å². The van der Waals surface area contributed by atoms with Gasteiger partial charge in [-0.3, -0.25) is 9.36 Å². The van der Waals surface area contributed by atoms with Crippen molar-refractivity contribution in [1.29, 1.82) is 0 Å². The summed E-state index contributed by atoms with van der Waals surface area (Å²) in [6, 6.07) is 15.3. The highest BCUT2D eigenvalue weighted by molar-refractivity contribution is 7.99. The first-order chi connectivity index (χ1) is 13.2. The third kappa shape index (κ3) is 5.04. The number of methoxy groups -OCH3 is 2. The third-order valence-corrected chi connectivity index (χ3v) is 4.91. The molecule has 0 radical (unpaired) electrons. The summed E-state index contributed by atoms with van der Waals surface area (Å²) >= 11 is 1.40. The molecule has 1 N–H and O–H groups in total. The van der Waals surface area contributed by atoms with E-state index in [9.17, 15) is 4.79 Å². The van der Waals surface area contributed by atoms with Gasteiger partial charge in [0.15, 0.2) is 5.16 Å². The van der Waals surface area contributed by atoms with Crippen molar-refractivity contribution in [3.05, 3.63) is 66.5 Å². The summed E-state index contributed by atoms with van der Waals surface area (Å²) < 4.78 is 12.3. The topological polar surface area (TPSA) is 65.4 Å².